The maximum Gasteiger partial charge on any atom is 0.0387 e. The maximum atomic E-state index is 4.13. The van der Waals surface area contributed by atoms with Crippen molar-refractivity contribution in [2.45, 2.75) is 27.7 Å². The zero-order valence-electron chi connectivity index (χ0n) is 8.15. The van der Waals surface area contributed by atoms with E-state index in [1.807, 2.05) is 13.8 Å². The average Bonchev–Trinajstić information content (AvgIpc) is 1.85. The Labute approximate surface area is 69.5 Å². The van der Waals surface area contributed by atoms with Crippen LogP contribution < -0.4 is 0 Å². The number of nitrogens with zero attached hydrogens (tertiary/aromatic N) is 1. The van der Waals surface area contributed by atoms with E-state index in [2.05, 4.69) is 25.4 Å². The van der Waals surface area contributed by atoms with Crippen molar-refractivity contribution in [3.8, 4) is 0 Å². The predicted molar refractivity (Wildman–Crippen MR) is 52.2 cm³/mol. The van der Waals surface area contributed by atoms with Crippen LogP contribution >= 0.6 is 0 Å². The van der Waals surface area contributed by atoms with Crippen LogP contribution in [0.1, 0.15) is 27.7 Å². The summed E-state index contributed by atoms with van der Waals surface area (Å²) in [7, 11) is 1.81. The average molecular weight is 151 g/mol. The van der Waals surface area contributed by atoms with Crippen molar-refractivity contribution >= 4 is 5.71 Å². The van der Waals surface area contributed by atoms with Gasteiger partial charge in [-0.25, -0.2) is 0 Å². The quantitative estimate of drug-likeness (QED) is 0.425. The fourth-order valence-electron chi connectivity index (χ4n) is 1.21. The van der Waals surface area contributed by atoms with Gasteiger partial charge in [0.25, 0.3) is 0 Å². The van der Waals surface area contributed by atoms with Gasteiger partial charge in [0.05, 0.1) is 0 Å². The Balaban J connectivity index is 4.95. The van der Waals surface area contributed by atoms with Crippen LogP contribution in [0.2, 0.25) is 0 Å². The highest BCUT2D eigenvalue weighted by atomic mass is 14.7. The molecule has 0 rings (SSSR count). The Morgan fingerprint density at radius 3 is 1.64 bits per heavy atom. The third-order valence-corrected chi connectivity index (χ3v) is 1.62. The first kappa shape index (κ1) is 10.2. The Morgan fingerprint density at radius 2 is 1.55 bits per heavy atom. The highest BCUT2D eigenvalue weighted by Crippen LogP contribution is 2.13. The molecular weight excluding hydrogens is 134 g/mol. The minimum Gasteiger partial charge on any atom is -0.293 e. The van der Waals surface area contributed by atoms with E-state index in [0.717, 1.165) is 11.3 Å². The lowest BCUT2D eigenvalue weighted by molar-refractivity contribution is 1.28. The molecule has 0 radical (unpaired) electrons. The summed E-state index contributed by atoms with van der Waals surface area (Å²) < 4.78 is 0. The molecule has 0 bridgehead atoms. The Hall–Kier alpha value is -0.850. The molecule has 0 unspecified atom stereocenters. The maximum absolute atomic E-state index is 4.13. The van der Waals surface area contributed by atoms with E-state index in [4.69, 9.17) is 0 Å². The number of hydrogen-bond acceptors (Lipinski definition) is 1. The summed E-state index contributed by atoms with van der Waals surface area (Å²) in [4.78, 5) is 4.13. The third-order valence-electron chi connectivity index (χ3n) is 1.62. The topological polar surface area (TPSA) is 12.4 Å². The summed E-state index contributed by atoms with van der Waals surface area (Å²) in [5.74, 6) is 0. The molecule has 0 atom stereocenters. The molecule has 0 saturated carbocycles. The highest BCUT2D eigenvalue weighted by Gasteiger charge is 2.02. The molecule has 0 aliphatic carbocycles. The largest absolute Gasteiger partial charge is 0.293 e. The van der Waals surface area contributed by atoms with Crippen molar-refractivity contribution in [2.75, 3.05) is 7.05 Å². The van der Waals surface area contributed by atoms with Crippen LogP contribution in [0, 0.1) is 0 Å². The molecule has 1 nitrogen and oxygen atoms in total. The Kier molecular flexibility index (Phi) is 3.80. The molecule has 0 aromatic heterocycles. The molecule has 0 heterocycles. The van der Waals surface area contributed by atoms with Crippen LogP contribution in [0.5, 0.6) is 0 Å². The van der Waals surface area contributed by atoms with Gasteiger partial charge in [-0.2, -0.15) is 0 Å². The summed E-state index contributed by atoms with van der Waals surface area (Å²) in [6.07, 6.45) is 0. The Morgan fingerprint density at radius 1 is 1.09 bits per heavy atom. The molecule has 0 saturated heterocycles. The summed E-state index contributed by atoms with van der Waals surface area (Å²) in [6, 6.07) is 0. The van der Waals surface area contributed by atoms with Gasteiger partial charge in [-0.05, 0) is 38.8 Å². The van der Waals surface area contributed by atoms with Crippen molar-refractivity contribution in [3.05, 3.63) is 23.3 Å². The summed E-state index contributed by atoms with van der Waals surface area (Å²) in [5.41, 5.74) is 4.64. The van der Waals surface area contributed by atoms with Crippen molar-refractivity contribution in [3.63, 3.8) is 0 Å². The molecule has 11 heavy (non-hydrogen) atoms. The van der Waals surface area contributed by atoms with Crippen LogP contribution in [-0.4, -0.2) is 12.8 Å². The van der Waals surface area contributed by atoms with Crippen molar-refractivity contribution < 1.29 is 0 Å². The fraction of sp³-hybridized carbons (Fsp3) is 0.500. The van der Waals surface area contributed by atoms with Crippen LogP contribution in [0.3, 0.4) is 0 Å². The smallest absolute Gasteiger partial charge is 0.0387 e. The third kappa shape index (κ3) is 2.71. The SMILES string of the molecule is C=C(C)C(C(C)=NC)=C(C)C. The molecule has 0 aliphatic rings. The first-order valence-electron chi connectivity index (χ1n) is 3.77. The second-order valence-corrected chi connectivity index (χ2v) is 2.96. The number of aliphatic imine (C=N–C) groups is 1. The van der Waals surface area contributed by atoms with Gasteiger partial charge in [-0.15, -0.1) is 0 Å². The van der Waals surface area contributed by atoms with Crippen molar-refractivity contribution in [1.29, 1.82) is 0 Å². The number of rotatable bonds is 2. The van der Waals surface area contributed by atoms with Crippen molar-refractivity contribution in [2.24, 2.45) is 4.99 Å². The molecule has 0 aromatic carbocycles. The first-order chi connectivity index (χ1) is 5.00. The van der Waals surface area contributed by atoms with E-state index in [1.165, 1.54) is 11.1 Å². The Bertz CT molecular complexity index is 215. The van der Waals surface area contributed by atoms with Gasteiger partial charge in [0.2, 0.25) is 0 Å². The summed E-state index contributed by atoms with van der Waals surface area (Å²) >= 11 is 0. The first-order valence-corrected chi connectivity index (χ1v) is 3.77. The summed E-state index contributed by atoms with van der Waals surface area (Å²) in [6.45, 7) is 12.1. The zero-order valence-corrected chi connectivity index (χ0v) is 8.15. The monoisotopic (exact) mass is 151 g/mol. The number of hydrogen-bond donors (Lipinski definition) is 0. The molecule has 0 fully saturated rings. The standard InChI is InChI=1S/C10H17N/c1-7(2)10(8(3)4)9(5)11-6/h1H2,2-6H3. The van der Waals surface area contributed by atoms with Gasteiger partial charge >= 0.3 is 0 Å². The molecule has 0 aromatic rings. The lowest BCUT2D eigenvalue weighted by atomic mass is 10.0. The highest BCUT2D eigenvalue weighted by molar-refractivity contribution is 6.02. The van der Waals surface area contributed by atoms with E-state index >= 15 is 0 Å². The molecule has 0 spiro atoms. The van der Waals surface area contributed by atoms with E-state index in [-0.39, 0.29) is 0 Å². The number of allylic oxidation sites excluding steroid dienone is 3. The predicted octanol–water partition coefficient (Wildman–Crippen LogP) is 2.99. The van der Waals surface area contributed by atoms with Crippen molar-refractivity contribution in [1.82, 2.24) is 0 Å². The van der Waals surface area contributed by atoms with Gasteiger partial charge in [0.1, 0.15) is 0 Å². The van der Waals surface area contributed by atoms with Crippen LogP contribution in [-0.2, 0) is 0 Å². The molecule has 1 heteroatoms. The lowest BCUT2D eigenvalue weighted by Crippen LogP contribution is -2.00. The van der Waals surface area contributed by atoms with E-state index in [1.54, 1.807) is 7.05 Å². The fourth-order valence-corrected chi connectivity index (χ4v) is 1.21. The molecular formula is C10H17N. The minimum absolute atomic E-state index is 1.07. The molecule has 0 aliphatic heterocycles. The summed E-state index contributed by atoms with van der Waals surface area (Å²) in [5, 5.41) is 0. The van der Waals surface area contributed by atoms with Gasteiger partial charge < -0.3 is 0 Å². The van der Waals surface area contributed by atoms with E-state index in [0.29, 0.717) is 0 Å². The molecule has 62 valence electrons. The van der Waals surface area contributed by atoms with E-state index < -0.39 is 0 Å². The van der Waals surface area contributed by atoms with Crippen LogP contribution in [0.25, 0.3) is 0 Å². The van der Waals surface area contributed by atoms with E-state index in [9.17, 15) is 0 Å². The normalized spacial score (nSPS) is 11.2. The molecule has 0 N–H and O–H groups in total. The molecule has 0 amide bonds. The van der Waals surface area contributed by atoms with Crippen LogP contribution in [0.15, 0.2) is 28.3 Å². The van der Waals surface area contributed by atoms with Gasteiger partial charge in [-0.1, -0.05) is 12.2 Å². The second-order valence-electron chi connectivity index (χ2n) is 2.96. The lowest BCUT2D eigenvalue weighted by Gasteiger charge is -2.07. The zero-order chi connectivity index (χ0) is 9.02. The van der Waals surface area contributed by atoms with Gasteiger partial charge in [-0.3, -0.25) is 4.99 Å². The van der Waals surface area contributed by atoms with Crippen LogP contribution in [0.4, 0.5) is 0 Å². The van der Waals surface area contributed by atoms with Gasteiger partial charge in [0, 0.05) is 12.8 Å². The second kappa shape index (κ2) is 4.12. The van der Waals surface area contributed by atoms with Gasteiger partial charge in [0.15, 0.2) is 0 Å². The minimum atomic E-state index is 1.07.